The van der Waals surface area contributed by atoms with Crippen LogP contribution in [0.15, 0.2) is 28.9 Å². The van der Waals surface area contributed by atoms with Crippen LogP contribution in [0, 0.1) is 0 Å². The molecule has 3 nitrogen and oxygen atoms in total. The van der Waals surface area contributed by atoms with Gasteiger partial charge in [-0.2, -0.15) is 0 Å². The Balaban J connectivity index is 0.000001000. The van der Waals surface area contributed by atoms with Crippen LogP contribution < -0.4 is 5.32 Å². The summed E-state index contributed by atoms with van der Waals surface area (Å²) >= 11 is 3.56. The van der Waals surface area contributed by atoms with Crippen LogP contribution in [0.1, 0.15) is 18.5 Å². The van der Waals surface area contributed by atoms with Crippen LogP contribution in [-0.2, 0) is 0 Å². The van der Waals surface area contributed by atoms with Crippen molar-refractivity contribution in [3.63, 3.8) is 0 Å². The highest BCUT2D eigenvalue weighted by Crippen LogP contribution is 2.30. The number of aromatic amines is 1. The molecule has 3 rings (SSSR count). The van der Waals surface area contributed by atoms with Crippen molar-refractivity contribution in [2.24, 2.45) is 0 Å². The van der Waals surface area contributed by atoms with E-state index in [0.717, 1.165) is 30.7 Å². The molecule has 1 atom stereocenters. The molecule has 6 heteroatoms. The average molecular weight is 381 g/mol. The van der Waals surface area contributed by atoms with Gasteiger partial charge in [-0.05, 0) is 30.7 Å². The molecular formula is C14H20BrCl2N3. The van der Waals surface area contributed by atoms with Crippen LogP contribution in [0.2, 0.25) is 0 Å². The zero-order valence-electron chi connectivity index (χ0n) is 11.4. The maximum absolute atomic E-state index is 3.56. The van der Waals surface area contributed by atoms with E-state index in [4.69, 9.17) is 0 Å². The first kappa shape index (κ1) is 17.8. The van der Waals surface area contributed by atoms with Gasteiger partial charge in [0.05, 0.1) is 0 Å². The van der Waals surface area contributed by atoms with E-state index >= 15 is 0 Å². The first-order chi connectivity index (χ1) is 8.75. The van der Waals surface area contributed by atoms with Gasteiger partial charge in [-0.15, -0.1) is 24.8 Å². The van der Waals surface area contributed by atoms with Crippen LogP contribution in [0.25, 0.3) is 10.9 Å². The molecule has 1 aromatic heterocycles. The molecule has 0 unspecified atom stereocenters. The van der Waals surface area contributed by atoms with Gasteiger partial charge in [0.1, 0.15) is 0 Å². The highest BCUT2D eigenvalue weighted by Gasteiger charge is 2.20. The maximum atomic E-state index is 3.56. The Morgan fingerprint density at radius 2 is 1.90 bits per heavy atom. The summed E-state index contributed by atoms with van der Waals surface area (Å²) in [4.78, 5) is 5.91. The third-order valence-electron chi connectivity index (χ3n) is 3.83. The third kappa shape index (κ3) is 3.49. The predicted octanol–water partition coefficient (Wildman–Crippen LogP) is 3.74. The number of benzene rings is 1. The maximum Gasteiger partial charge on any atom is 0.0458 e. The van der Waals surface area contributed by atoms with Crippen molar-refractivity contribution in [2.75, 3.05) is 26.2 Å². The minimum atomic E-state index is 0. The molecule has 1 saturated heterocycles. The van der Waals surface area contributed by atoms with Crippen LogP contribution >= 0.6 is 40.7 Å². The van der Waals surface area contributed by atoms with Gasteiger partial charge < -0.3 is 10.3 Å². The lowest BCUT2D eigenvalue weighted by Gasteiger charge is -2.32. The number of rotatable bonds is 2. The summed E-state index contributed by atoms with van der Waals surface area (Å²) in [5.41, 5.74) is 2.61. The largest absolute Gasteiger partial charge is 0.361 e. The van der Waals surface area contributed by atoms with Crippen molar-refractivity contribution in [3.8, 4) is 0 Å². The summed E-state index contributed by atoms with van der Waals surface area (Å²) in [6, 6.07) is 6.89. The summed E-state index contributed by atoms with van der Waals surface area (Å²) in [6.45, 7) is 6.74. The molecule has 0 radical (unpaired) electrons. The van der Waals surface area contributed by atoms with Gasteiger partial charge in [0.25, 0.3) is 0 Å². The summed E-state index contributed by atoms with van der Waals surface area (Å²) in [5, 5.41) is 4.73. The summed E-state index contributed by atoms with van der Waals surface area (Å²) in [5.74, 6) is 0. The lowest BCUT2D eigenvalue weighted by molar-refractivity contribution is 0.186. The first-order valence-corrected chi connectivity index (χ1v) is 7.26. The molecule has 2 heterocycles. The number of H-pyrrole nitrogens is 1. The Hall–Kier alpha value is -0.260. The molecule has 112 valence electrons. The molecule has 0 bridgehead atoms. The second kappa shape index (κ2) is 7.66. The summed E-state index contributed by atoms with van der Waals surface area (Å²) in [6.07, 6.45) is 2.16. The van der Waals surface area contributed by atoms with Crippen molar-refractivity contribution in [2.45, 2.75) is 13.0 Å². The van der Waals surface area contributed by atoms with Crippen molar-refractivity contribution in [1.82, 2.24) is 15.2 Å². The van der Waals surface area contributed by atoms with Crippen molar-refractivity contribution in [3.05, 3.63) is 34.4 Å². The molecule has 1 fully saturated rings. The van der Waals surface area contributed by atoms with Gasteiger partial charge in [-0.3, -0.25) is 4.90 Å². The molecule has 0 saturated carbocycles. The fraction of sp³-hybridized carbons (Fsp3) is 0.429. The molecule has 20 heavy (non-hydrogen) atoms. The van der Waals surface area contributed by atoms with Gasteiger partial charge in [-0.1, -0.05) is 15.9 Å². The fourth-order valence-corrected chi connectivity index (χ4v) is 3.09. The number of nitrogens with zero attached hydrogens (tertiary/aromatic N) is 1. The topological polar surface area (TPSA) is 31.1 Å². The van der Waals surface area contributed by atoms with Gasteiger partial charge in [0.15, 0.2) is 0 Å². The lowest BCUT2D eigenvalue weighted by atomic mass is 10.1. The molecule has 1 aliphatic rings. The second-order valence-electron chi connectivity index (χ2n) is 4.90. The zero-order chi connectivity index (χ0) is 12.5. The van der Waals surface area contributed by atoms with E-state index in [9.17, 15) is 0 Å². The minimum absolute atomic E-state index is 0. The Labute approximate surface area is 140 Å². The number of hydrogen-bond acceptors (Lipinski definition) is 2. The molecular weight excluding hydrogens is 361 g/mol. The number of aromatic nitrogens is 1. The van der Waals surface area contributed by atoms with E-state index in [1.807, 2.05) is 0 Å². The smallest absolute Gasteiger partial charge is 0.0458 e. The lowest BCUT2D eigenvalue weighted by Crippen LogP contribution is -2.44. The number of nitrogens with one attached hydrogen (secondary N) is 2. The van der Waals surface area contributed by atoms with E-state index in [1.54, 1.807) is 0 Å². The monoisotopic (exact) mass is 379 g/mol. The molecule has 2 N–H and O–H groups in total. The number of piperazine rings is 1. The number of fused-ring (bicyclic) bond motifs is 1. The van der Waals surface area contributed by atoms with Gasteiger partial charge in [0.2, 0.25) is 0 Å². The second-order valence-corrected chi connectivity index (χ2v) is 5.81. The highest BCUT2D eigenvalue weighted by atomic mass is 79.9. The van der Waals surface area contributed by atoms with Crippen molar-refractivity contribution < 1.29 is 0 Å². The quantitative estimate of drug-likeness (QED) is 0.831. The highest BCUT2D eigenvalue weighted by molar-refractivity contribution is 9.10. The summed E-state index contributed by atoms with van der Waals surface area (Å²) < 4.78 is 1.14. The third-order valence-corrected chi connectivity index (χ3v) is 4.32. The molecule has 0 aliphatic carbocycles. The van der Waals surface area contributed by atoms with Crippen molar-refractivity contribution in [1.29, 1.82) is 0 Å². The Morgan fingerprint density at radius 3 is 2.60 bits per heavy atom. The molecule has 1 aliphatic heterocycles. The van der Waals surface area contributed by atoms with Gasteiger partial charge >= 0.3 is 0 Å². The van der Waals surface area contributed by atoms with Crippen LogP contribution in [0.5, 0.6) is 0 Å². The predicted molar refractivity (Wildman–Crippen MR) is 93.4 cm³/mol. The Kier molecular flexibility index (Phi) is 6.82. The van der Waals surface area contributed by atoms with Crippen molar-refractivity contribution >= 4 is 51.6 Å². The molecule has 2 aromatic rings. The standard InChI is InChI=1S/C14H18BrN3.2ClH/c1-10(18-6-4-16-5-7-18)13-9-17-14-3-2-11(15)8-12(13)14;;/h2-3,8-10,16-17H,4-7H2,1H3;2*1H/t10-;;/m0../s1. The number of halogens is 3. The van der Waals surface area contributed by atoms with E-state index in [0.29, 0.717) is 6.04 Å². The van der Waals surface area contributed by atoms with E-state index < -0.39 is 0 Å². The average Bonchev–Trinajstić information content (AvgIpc) is 2.82. The minimum Gasteiger partial charge on any atom is -0.361 e. The van der Waals surface area contributed by atoms with E-state index in [-0.39, 0.29) is 24.8 Å². The number of hydrogen-bond donors (Lipinski definition) is 2. The van der Waals surface area contributed by atoms with E-state index in [1.165, 1.54) is 16.5 Å². The molecule has 0 spiro atoms. The van der Waals surface area contributed by atoms with Crippen LogP contribution in [-0.4, -0.2) is 36.1 Å². The normalized spacial score (nSPS) is 17.3. The van der Waals surface area contributed by atoms with Crippen LogP contribution in [0.4, 0.5) is 0 Å². The first-order valence-electron chi connectivity index (χ1n) is 6.47. The fourth-order valence-electron chi connectivity index (χ4n) is 2.73. The van der Waals surface area contributed by atoms with Gasteiger partial charge in [0, 0.05) is 53.8 Å². The van der Waals surface area contributed by atoms with Crippen LogP contribution in [0.3, 0.4) is 0 Å². The molecule has 1 aromatic carbocycles. The van der Waals surface area contributed by atoms with Gasteiger partial charge in [-0.25, -0.2) is 0 Å². The Bertz CT molecular complexity index is 552. The van der Waals surface area contributed by atoms with E-state index in [2.05, 4.69) is 62.5 Å². The summed E-state index contributed by atoms with van der Waals surface area (Å²) in [7, 11) is 0. The Morgan fingerprint density at radius 1 is 1.20 bits per heavy atom. The zero-order valence-corrected chi connectivity index (χ0v) is 14.6. The molecule has 0 amide bonds. The SMILES string of the molecule is C[C@@H](c1c[nH]c2ccc(Br)cc12)N1CCNCC1.Cl.Cl.